The van der Waals surface area contributed by atoms with Crippen molar-refractivity contribution >= 4 is 11.8 Å². The Labute approximate surface area is 163 Å². The van der Waals surface area contributed by atoms with E-state index in [1.807, 2.05) is 0 Å². The maximum Gasteiger partial charge on any atom is 0.302 e. The molecule has 0 amide bonds. The molecule has 4 saturated carbocycles. The lowest BCUT2D eigenvalue weighted by Crippen LogP contribution is -2.58. The van der Waals surface area contributed by atoms with Crippen LogP contribution in [0.2, 0.25) is 0 Å². The third kappa shape index (κ3) is 2.65. The van der Waals surface area contributed by atoms with Gasteiger partial charge in [-0.15, -0.1) is 0 Å². The smallest absolute Gasteiger partial charge is 0.302 e. The number of ether oxygens (including phenoxy) is 1. The van der Waals surface area contributed by atoms with Gasteiger partial charge >= 0.3 is 5.97 Å². The van der Waals surface area contributed by atoms with Crippen molar-refractivity contribution in [1.82, 2.24) is 0 Å². The Morgan fingerprint density at radius 2 is 1.63 bits per heavy atom. The zero-order chi connectivity index (χ0) is 19.6. The SMILES string of the molecule is CC(=O)O[C@@H]1CC[C@]2(C)[C@H](CC[C@@H]3[C@@H]2CC[C@]2(C)[C@H]3CC[C@]2(O)C(C)=O)C1. The number of hydrogen-bond acceptors (Lipinski definition) is 4. The summed E-state index contributed by atoms with van der Waals surface area (Å²) in [5.74, 6) is 2.22. The van der Waals surface area contributed by atoms with Crippen LogP contribution in [-0.2, 0) is 14.3 Å². The molecule has 4 rings (SSSR count). The van der Waals surface area contributed by atoms with E-state index in [1.165, 1.54) is 19.8 Å². The highest BCUT2D eigenvalue weighted by molar-refractivity contribution is 5.86. The standard InChI is InChI=1S/C23H36O4/c1-14(24)23(26)12-9-20-18-6-5-16-13-17(27-15(2)25)7-10-21(16,3)19(18)8-11-22(20,23)4/h16-20,26H,5-13H2,1-4H3/t16-,17-,18-,19+,20+,21-,22-,23+/m1/s1. The van der Waals surface area contributed by atoms with E-state index in [-0.39, 0.29) is 23.3 Å². The molecule has 4 aliphatic carbocycles. The van der Waals surface area contributed by atoms with Crippen molar-refractivity contribution in [2.75, 3.05) is 0 Å². The Bertz CT molecular complexity index is 644. The lowest BCUT2D eigenvalue weighted by atomic mass is 9.44. The first kappa shape index (κ1) is 19.4. The first-order valence-corrected chi connectivity index (χ1v) is 11.0. The molecule has 0 aliphatic heterocycles. The summed E-state index contributed by atoms with van der Waals surface area (Å²) in [6.45, 7) is 7.76. The molecule has 0 radical (unpaired) electrons. The van der Waals surface area contributed by atoms with Gasteiger partial charge in [0.25, 0.3) is 0 Å². The van der Waals surface area contributed by atoms with Crippen LogP contribution in [0.4, 0.5) is 0 Å². The number of ketones is 1. The Hall–Kier alpha value is -0.900. The van der Waals surface area contributed by atoms with Crippen LogP contribution < -0.4 is 0 Å². The first-order chi connectivity index (χ1) is 12.6. The summed E-state index contributed by atoms with van der Waals surface area (Å²) in [5, 5.41) is 11.2. The Kier molecular flexibility index (Phi) is 4.53. The molecule has 0 unspecified atom stereocenters. The minimum absolute atomic E-state index is 0.0345. The van der Waals surface area contributed by atoms with Gasteiger partial charge in [-0.25, -0.2) is 0 Å². The van der Waals surface area contributed by atoms with E-state index in [4.69, 9.17) is 4.74 Å². The molecule has 152 valence electrons. The number of esters is 1. The van der Waals surface area contributed by atoms with E-state index in [0.717, 1.165) is 38.5 Å². The van der Waals surface area contributed by atoms with Crippen LogP contribution in [0.3, 0.4) is 0 Å². The number of rotatable bonds is 2. The molecule has 1 N–H and O–H groups in total. The fourth-order valence-corrected chi connectivity index (χ4v) is 8.15. The van der Waals surface area contributed by atoms with Crippen LogP contribution in [-0.4, -0.2) is 28.6 Å². The zero-order valence-corrected chi connectivity index (χ0v) is 17.4. The lowest BCUT2D eigenvalue weighted by Gasteiger charge is -2.61. The molecule has 4 aliphatic rings. The molecule has 4 heteroatoms. The van der Waals surface area contributed by atoms with Crippen LogP contribution in [0.25, 0.3) is 0 Å². The van der Waals surface area contributed by atoms with Gasteiger partial charge < -0.3 is 9.84 Å². The quantitative estimate of drug-likeness (QED) is 0.731. The molecule has 0 aromatic rings. The van der Waals surface area contributed by atoms with Crippen LogP contribution >= 0.6 is 0 Å². The molecule has 0 bridgehead atoms. The molecule has 0 aromatic carbocycles. The third-order valence-electron chi connectivity index (χ3n) is 9.68. The van der Waals surface area contributed by atoms with Gasteiger partial charge in [-0.3, -0.25) is 9.59 Å². The van der Waals surface area contributed by atoms with Gasteiger partial charge in [0.2, 0.25) is 0 Å². The summed E-state index contributed by atoms with van der Waals surface area (Å²) < 4.78 is 5.55. The zero-order valence-electron chi connectivity index (χ0n) is 17.4. The van der Waals surface area contributed by atoms with Crippen molar-refractivity contribution in [2.45, 2.75) is 97.2 Å². The van der Waals surface area contributed by atoms with Crippen LogP contribution in [0.15, 0.2) is 0 Å². The molecule has 0 spiro atoms. The first-order valence-electron chi connectivity index (χ1n) is 11.0. The molecule has 0 aromatic heterocycles. The van der Waals surface area contributed by atoms with Crippen molar-refractivity contribution in [3.05, 3.63) is 0 Å². The van der Waals surface area contributed by atoms with Gasteiger partial charge in [-0.05, 0) is 93.8 Å². The average molecular weight is 377 g/mol. The minimum Gasteiger partial charge on any atom is -0.463 e. The van der Waals surface area contributed by atoms with Gasteiger partial charge in [0, 0.05) is 12.3 Å². The van der Waals surface area contributed by atoms with E-state index in [2.05, 4.69) is 13.8 Å². The highest BCUT2D eigenvalue weighted by Gasteiger charge is 2.66. The van der Waals surface area contributed by atoms with Crippen molar-refractivity contribution in [3.63, 3.8) is 0 Å². The molecule has 0 saturated heterocycles. The van der Waals surface area contributed by atoms with Crippen LogP contribution in [0.5, 0.6) is 0 Å². The summed E-state index contributed by atoms with van der Waals surface area (Å²) in [4.78, 5) is 23.7. The maximum atomic E-state index is 12.3. The molecule has 4 nitrogen and oxygen atoms in total. The normalized spacial score (nSPS) is 51.7. The summed E-state index contributed by atoms with van der Waals surface area (Å²) in [5.41, 5.74) is -1.05. The van der Waals surface area contributed by atoms with E-state index in [9.17, 15) is 14.7 Å². The maximum absolute atomic E-state index is 12.3. The number of carbonyl (C=O) groups is 2. The number of hydrogen-bond donors (Lipinski definition) is 1. The van der Waals surface area contributed by atoms with Crippen molar-refractivity contribution in [2.24, 2.45) is 34.5 Å². The number of carbonyl (C=O) groups excluding carboxylic acids is 2. The molecular formula is C23H36O4. The van der Waals surface area contributed by atoms with Crippen molar-refractivity contribution in [1.29, 1.82) is 0 Å². The molecule has 27 heavy (non-hydrogen) atoms. The summed E-state index contributed by atoms with van der Waals surface area (Å²) in [6, 6.07) is 0. The van der Waals surface area contributed by atoms with Gasteiger partial charge in [0.15, 0.2) is 5.78 Å². The van der Waals surface area contributed by atoms with Gasteiger partial charge in [0.1, 0.15) is 11.7 Å². The van der Waals surface area contributed by atoms with E-state index < -0.39 is 5.60 Å². The summed E-state index contributed by atoms with van der Waals surface area (Å²) >= 11 is 0. The highest BCUT2D eigenvalue weighted by Crippen LogP contribution is 2.68. The Morgan fingerprint density at radius 1 is 0.926 bits per heavy atom. The fraction of sp³-hybridized carbons (Fsp3) is 0.913. The summed E-state index contributed by atoms with van der Waals surface area (Å²) in [6.07, 6.45) is 9.34. The summed E-state index contributed by atoms with van der Waals surface area (Å²) in [7, 11) is 0. The van der Waals surface area contributed by atoms with E-state index in [1.54, 1.807) is 6.92 Å². The topological polar surface area (TPSA) is 63.6 Å². The molecule has 8 atom stereocenters. The predicted octanol–water partition coefficient (Wildman–Crippen LogP) is 4.28. The van der Waals surface area contributed by atoms with Gasteiger partial charge in [0.05, 0.1) is 0 Å². The number of aliphatic hydroxyl groups is 1. The lowest BCUT2D eigenvalue weighted by molar-refractivity contribution is -0.175. The largest absolute Gasteiger partial charge is 0.463 e. The van der Waals surface area contributed by atoms with Crippen LogP contribution in [0.1, 0.15) is 85.5 Å². The fourth-order valence-electron chi connectivity index (χ4n) is 8.15. The predicted molar refractivity (Wildman–Crippen MR) is 103 cm³/mol. The second-order valence-electron chi connectivity index (χ2n) is 10.6. The van der Waals surface area contributed by atoms with E-state index >= 15 is 0 Å². The Balaban J connectivity index is 1.56. The van der Waals surface area contributed by atoms with Crippen LogP contribution in [0, 0.1) is 34.5 Å². The number of fused-ring (bicyclic) bond motifs is 5. The second-order valence-corrected chi connectivity index (χ2v) is 10.6. The minimum atomic E-state index is -1.12. The molecule has 4 fully saturated rings. The van der Waals surface area contributed by atoms with Gasteiger partial charge in [-0.1, -0.05) is 13.8 Å². The van der Waals surface area contributed by atoms with Gasteiger partial charge in [-0.2, -0.15) is 0 Å². The number of Topliss-reactive ketones (excluding diaryl/α,β-unsaturated/α-hetero) is 1. The molecule has 0 heterocycles. The highest BCUT2D eigenvalue weighted by atomic mass is 16.5. The van der Waals surface area contributed by atoms with E-state index in [0.29, 0.717) is 35.5 Å². The Morgan fingerprint density at radius 3 is 2.30 bits per heavy atom. The third-order valence-corrected chi connectivity index (χ3v) is 9.68. The average Bonchev–Trinajstić information content (AvgIpc) is 2.87. The van der Waals surface area contributed by atoms with Crippen molar-refractivity contribution in [3.8, 4) is 0 Å². The monoisotopic (exact) mass is 376 g/mol. The molecular weight excluding hydrogens is 340 g/mol. The second kappa shape index (κ2) is 6.30. The van der Waals surface area contributed by atoms with Crippen molar-refractivity contribution < 1.29 is 19.4 Å².